The lowest BCUT2D eigenvalue weighted by Crippen LogP contribution is -2.30. The number of amides is 1. The lowest BCUT2D eigenvalue weighted by atomic mass is 10.1. The molecule has 4 rings (SSSR count). The van der Waals surface area contributed by atoms with E-state index >= 15 is 0 Å². The van der Waals surface area contributed by atoms with Gasteiger partial charge >= 0.3 is 0 Å². The third-order valence-corrected chi connectivity index (χ3v) is 6.19. The number of hydrogen-bond acceptors (Lipinski definition) is 3. The molecule has 3 aromatic carbocycles. The highest BCUT2D eigenvalue weighted by atomic mass is 32.2. The quantitative estimate of drug-likeness (QED) is 0.652. The third-order valence-electron chi connectivity index (χ3n) is 4.82. The van der Waals surface area contributed by atoms with E-state index < -0.39 is 0 Å². The first-order valence-corrected chi connectivity index (χ1v) is 9.68. The molecule has 0 spiro atoms. The molecule has 26 heavy (non-hydrogen) atoms. The molecule has 1 aliphatic heterocycles. The average molecular weight is 363 g/mol. The zero-order valence-corrected chi connectivity index (χ0v) is 15.7. The Labute approximate surface area is 158 Å². The fourth-order valence-electron chi connectivity index (χ4n) is 3.48. The third kappa shape index (κ3) is 3.06. The number of para-hydroxylation sites is 1. The lowest BCUT2D eigenvalue weighted by molar-refractivity contribution is -0.130. The van der Waals surface area contributed by atoms with E-state index in [1.165, 1.54) is 10.8 Å². The Hall–Kier alpha value is -2.46. The summed E-state index contributed by atoms with van der Waals surface area (Å²) in [5.41, 5.74) is 2.20. The zero-order chi connectivity index (χ0) is 18.1. The number of carbonyl (C=O) groups is 1. The first-order chi connectivity index (χ1) is 12.7. The number of carbonyl (C=O) groups excluding carboxylic acids is 1. The molecule has 0 saturated carbocycles. The smallest absolute Gasteiger partial charge is 0.236 e. The van der Waals surface area contributed by atoms with Crippen LogP contribution in [-0.2, 0) is 11.3 Å². The number of ether oxygens (including phenoxy) is 1. The molecule has 2 unspecified atom stereocenters. The van der Waals surface area contributed by atoms with Crippen LogP contribution in [0.5, 0.6) is 5.75 Å². The van der Waals surface area contributed by atoms with Crippen molar-refractivity contribution >= 4 is 28.4 Å². The zero-order valence-electron chi connectivity index (χ0n) is 14.9. The number of benzene rings is 3. The second kappa shape index (κ2) is 7.04. The van der Waals surface area contributed by atoms with Gasteiger partial charge in [-0.25, -0.2) is 0 Å². The van der Waals surface area contributed by atoms with Crippen LogP contribution >= 0.6 is 11.8 Å². The highest BCUT2D eigenvalue weighted by Gasteiger charge is 2.39. The summed E-state index contributed by atoms with van der Waals surface area (Å²) in [6, 6.07) is 22.7. The van der Waals surface area contributed by atoms with Gasteiger partial charge in [0.05, 0.1) is 12.4 Å². The summed E-state index contributed by atoms with van der Waals surface area (Å²) >= 11 is 1.68. The summed E-state index contributed by atoms with van der Waals surface area (Å²) in [5, 5.41) is 2.34. The Kier molecular flexibility index (Phi) is 4.60. The number of methoxy groups -OCH3 is 1. The van der Waals surface area contributed by atoms with Crippen LogP contribution in [0.4, 0.5) is 0 Å². The SMILES string of the molecule is COc1ccccc1C1SC(C)C(=O)N1Cc1ccc2ccccc2c1. The van der Waals surface area contributed by atoms with Gasteiger partial charge in [0, 0.05) is 12.1 Å². The van der Waals surface area contributed by atoms with Crippen molar-refractivity contribution in [1.82, 2.24) is 4.90 Å². The van der Waals surface area contributed by atoms with Crippen molar-refractivity contribution in [2.75, 3.05) is 7.11 Å². The van der Waals surface area contributed by atoms with Crippen LogP contribution in [0.3, 0.4) is 0 Å². The van der Waals surface area contributed by atoms with Crippen LogP contribution in [-0.4, -0.2) is 23.2 Å². The van der Waals surface area contributed by atoms with Crippen LogP contribution in [0.15, 0.2) is 66.7 Å². The Bertz CT molecular complexity index is 956. The molecule has 132 valence electrons. The predicted molar refractivity (Wildman–Crippen MR) is 107 cm³/mol. The molecule has 1 aliphatic rings. The van der Waals surface area contributed by atoms with Crippen molar-refractivity contribution < 1.29 is 9.53 Å². The van der Waals surface area contributed by atoms with Crippen molar-refractivity contribution in [2.45, 2.75) is 24.1 Å². The van der Waals surface area contributed by atoms with Crippen LogP contribution in [0.25, 0.3) is 10.8 Å². The second-order valence-corrected chi connectivity index (χ2v) is 7.95. The Morgan fingerprint density at radius 2 is 1.73 bits per heavy atom. The molecule has 4 heteroatoms. The lowest BCUT2D eigenvalue weighted by Gasteiger charge is -2.25. The number of fused-ring (bicyclic) bond motifs is 1. The van der Waals surface area contributed by atoms with Crippen molar-refractivity contribution in [2.24, 2.45) is 0 Å². The average Bonchev–Trinajstić information content (AvgIpc) is 2.96. The molecule has 1 heterocycles. The molecule has 2 atom stereocenters. The number of rotatable bonds is 4. The minimum atomic E-state index is -0.0506. The van der Waals surface area contributed by atoms with Gasteiger partial charge in [0.25, 0.3) is 0 Å². The van der Waals surface area contributed by atoms with Crippen molar-refractivity contribution in [1.29, 1.82) is 0 Å². The first kappa shape index (κ1) is 17.0. The fraction of sp³-hybridized carbons (Fsp3) is 0.227. The van der Waals surface area contributed by atoms with Crippen LogP contribution < -0.4 is 4.74 Å². The van der Waals surface area contributed by atoms with E-state index in [2.05, 4.69) is 36.4 Å². The largest absolute Gasteiger partial charge is 0.496 e. The van der Waals surface area contributed by atoms with Crippen molar-refractivity contribution in [3.05, 3.63) is 77.9 Å². The summed E-state index contributed by atoms with van der Waals surface area (Å²) < 4.78 is 5.53. The summed E-state index contributed by atoms with van der Waals surface area (Å²) in [5.74, 6) is 1.01. The molecule has 0 radical (unpaired) electrons. The highest BCUT2D eigenvalue weighted by molar-refractivity contribution is 8.01. The fourth-order valence-corrected chi connectivity index (χ4v) is 4.79. The van der Waals surface area contributed by atoms with E-state index in [0.29, 0.717) is 6.54 Å². The van der Waals surface area contributed by atoms with Gasteiger partial charge in [0.15, 0.2) is 0 Å². The van der Waals surface area contributed by atoms with Crippen LogP contribution in [0.2, 0.25) is 0 Å². The summed E-state index contributed by atoms with van der Waals surface area (Å²) in [6.45, 7) is 2.58. The first-order valence-electron chi connectivity index (χ1n) is 8.74. The van der Waals surface area contributed by atoms with E-state index in [4.69, 9.17) is 4.74 Å². The van der Waals surface area contributed by atoms with Crippen LogP contribution in [0.1, 0.15) is 23.4 Å². The predicted octanol–water partition coefficient (Wildman–Crippen LogP) is 5.01. The minimum absolute atomic E-state index is 0.0277. The van der Waals surface area contributed by atoms with Gasteiger partial charge in [-0.2, -0.15) is 0 Å². The van der Waals surface area contributed by atoms with Crippen molar-refractivity contribution in [3.63, 3.8) is 0 Å². The van der Waals surface area contributed by atoms with E-state index in [-0.39, 0.29) is 16.5 Å². The molecule has 0 bridgehead atoms. The maximum absolute atomic E-state index is 12.8. The standard InChI is InChI=1S/C22H21NO2S/c1-15-21(24)23(22(26-15)19-9-5-6-10-20(19)25-2)14-16-11-12-17-7-3-4-8-18(17)13-16/h3-13,15,22H,14H2,1-2H3. The Balaban J connectivity index is 1.68. The molecule has 1 saturated heterocycles. The Morgan fingerprint density at radius 3 is 2.54 bits per heavy atom. The molecule has 0 aliphatic carbocycles. The maximum atomic E-state index is 12.8. The molecule has 3 aromatic rings. The van der Waals surface area contributed by atoms with Gasteiger partial charge in [-0.15, -0.1) is 11.8 Å². The molecule has 0 aromatic heterocycles. The molecule has 0 N–H and O–H groups in total. The van der Waals surface area contributed by atoms with E-state index in [0.717, 1.165) is 16.9 Å². The van der Waals surface area contributed by atoms with Gasteiger partial charge < -0.3 is 9.64 Å². The molecule has 1 amide bonds. The molecule has 1 fully saturated rings. The number of thioether (sulfide) groups is 1. The molecule has 3 nitrogen and oxygen atoms in total. The monoisotopic (exact) mass is 363 g/mol. The number of nitrogens with zero attached hydrogens (tertiary/aromatic N) is 1. The van der Waals surface area contributed by atoms with Gasteiger partial charge in [-0.1, -0.05) is 54.6 Å². The van der Waals surface area contributed by atoms with Gasteiger partial charge in [0.2, 0.25) is 5.91 Å². The van der Waals surface area contributed by atoms with Gasteiger partial charge in [0.1, 0.15) is 11.1 Å². The molecular formula is C22H21NO2S. The van der Waals surface area contributed by atoms with Gasteiger partial charge in [-0.3, -0.25) is 4.79 Å². The molecular weight excluding hydrogens is 342 g/mol. The second-order valence-electron chi connectivity index (χ2n) is 6.52. The van der Waals surface area contributed by atoms with Crippen molar-refractivity contribution in [3.8, 4) is 5.75 Å². The normalized spacial score (nSPS) is 19.9. The van der Waals surface area contributed by atoms with E-state index in [1.54, 1.807) is 18.9 Å². The summed E-state index contributed by atoms with van der Waals surface area (Å²) in [6.07, 6.45) is 0. The summed E-state index contributed by atoms with van der Waals surface area (Å²) in [7, 11) is 1.68. The number of hydrogen-bond donors (Lipinski definition) is 0. The van der Waals surface area contributed by atoms with E-state index in [9.17, 15) is 4.79 Å². The van der Waals surface area contributed by atoms with E-state index in [1.807, 2.05) is 42.2 Å². The summed E-state index contributed by atoms with van der Waals surface area (Å²) in [4.78, 5) is 14.8. The highest BCUT2D eigenvalue weighted by Crippen LogP contribution is 2.46. The van der Waals surface area contributed by atoms with Crippen LogP contribution in [0, 0.1) is 0 Å². The Morgan fingerprint density at radius 1 is 1.00 bits per heavy atom. The minimum Gasteiger partial charge on any atom is -0.496 e. The van der Waals surface area contributed by atoms with Gasteiger partial charge in [-0.05, 0) is 35.4 Å². The topological polar surface area (TPSA) is 29.5 Å². The maximum Gasteiger partial charge on any atom is 0.236 e.